The topological polar surface area (TPSA) is 71.3 Å². The van der Waals surface area contributed by atoms with Gasteiger partial charge in [-0.1, -0.05) is 5.16 Å². The predicted octanol–water partition coefficient (Wildman–Crippen LogP) is 1.34. The fourth-order valence-electron chi connectivity index (χ4n) is 3.21. The number of halogens is 1. The second-order valence-corrected chi connectivity index (χ2v) is 5.66. The van der Waals surface area contributed by atoms with E-state index in [1.54, 1.807) is 12.1 Å². The van der Waals surface area contributed by atoms with E-state index in [0.717, 1.165) is 13.0 Å². The fraction of sp³-hybridized carbons (Fsp3) is 0.400. The van der Waals surface area contributed by atoms with Crippen LogP contribution in [0.25, 0.3) is 11.4 Å². The molecule has 114 valence electrons. The highest BCUT2D eigenvalue weighted by Crippen LogP contribution is 2.27. The maximum Gasteiger partial charge on any atom is 0.246 e. The lowest BCUT2D eigenvalue weighted by atomic mass is 10.1. The molecule has 4 rings (SSSR count). The number of rotatable bonds is 3. The Labute approximate surface area is 126 Å². The summed E-state index contributed by atoms with van der Waals surface area (Å²) in [6.07, 6.45) is 1.49. The average molecular weight is 302 g/mol. The molecule has 7 heteroatoms. The van der Waals surface area contributed by atoms with E-state index in [0.29, 0.717) is 30.2 Å². The number of nitrogens with one attached hydrogen (secondary N) is 1. The molecule has 1 aromatic carbocycles. The van der Waals surface area contributed by atoms with Crippen molar-refractivity contribution in [2.45, 2.75) is 31.5 Å². The van der Waals surface area contributed by atoms with Crippen molar-refractivity contribution in [3.63, 3.8) is 0 Å². The van der Waals surface area contributed by atoms with E-state index in [1.165, 1.54) is 12.1 Å². The van der Waals surface area contributed by atoms with Gasteiger partial charge in [-0.2, -0.15) is 4.98 Å². The summed E-state index contributed by atoms with van der Waals surface area (Å²) in [7, 11) is 0. The maximum atomic E-state index is 12.9. The van der Waals surface area contributed by atoms with Crippen molar-refractivity contribution in [2.24, 2.45) is 0 Å². The van der Waals surface area contributed by atoms with E-state index in [9.17, 15) is 9.18 Å². The molecule has 2 atom stereocenters. The molecule has 2 aromatic rings. The number of fused-ring (bicyclic) bond motifs is 1. The third-order valence-corrected chi connectivity index (χ3v) is 4.30. The van der Waals surface area contributed by atoms with E-state index < -0.39 is 0 Å². The molecule has 0 unspecified atom stereocenters. The van der Waals surface area contributed by atoms with Gasteiger partial charge < -0.3 is 14.7 Å². The molecule has 3 heterocycles. The number of carbonyl (C=O) groups excluding carboxylic acids is 1. The van der Waals surface area contributed by atoms with Crippen molar-refractivity contribution >= 4 is 5.91 Å². The standard InChI is InChI=1S/C15H15FN4O2/c16-10-3-1-9(2-4-10)15-18-13(22-19-15)8-20-12-5-6-17-11(12)7-14(20)21/h1-4,11-12,17H,5-8H2/t11-,12-/m1/s1. The zero-order valence-electron chi connectivity index (χ0n) is 11.8. The summed E-state index contributed by atoms with van der Waals surface area (Å²) in [5.41, 5.74) is 0.685. The summed E-state index contributed by atoms with van der Waals surface area (Å²) in [4.78, 5) is 18.2. The average Bonchev–Trinajstić information content (AvgIpc) is 3.19. The van der Waals surface area contributed by atoms with Gasteiger partial charge in [0.1, 0.15) is 12.4 Å². The van der Waals surface area contributed by atoms with Gasteiger partial charge in [-0.15, -0.1) is 0 Å². The Morgan fingerprint density at radius 2 is 2.18 bits per heavy atom. The van der Waals surface area contributed by atoms with Crippen LogP contribution in [-0.2, 0) is 11.3 Å². The summed E-state index contributed by atoms with van der Waals surface area (Å²) in [6.45, 7) is 1.26. The normalized spacial score (nSPS) is 24.0. The Kier molecular flexibility index (Phi) is 3.15. The Morgan fingerprint density at radius 1 is 1.36 bits per heavy atom. The third-order valence-electron chi connectivity index (χ3n) is 4.30. The molecule has 0 bridgehead atoms. The van der Waals surface area contributed by atoms with Gasteiger partial charge in [0, 0.05) is 24.1 Å². The third kappa shape index (κ3) is 2.27. The molecule has 0 spiro atoms. The highest BCUT2D eigenvalue weighted by atomic mass is 19.1. The monoisotopic (exact) mass is 302 g/mol. The van der Waals surface area contributed by atoms with Gasteiger partial charge in [0.2, 0.25) is 17.6 Å². The number of nitrogens with zero attached hydrogens (tertiary/aromatic N) is 3. The van der Waals surface area contributed by atoms with Gasteiger partial charge in [-0.05, 0) is 37.2 Å². The molecule has 0 radical (unpaired) electrons. The van der Waals surface area contributed by atoms with Crippen molar-refractivity contribution in [1.29, 1.82) is 0 Å². The summed E-state index contributed by atoms with van der Waals surface area (Å²) in [6, 6.07) is 6.36. The van der Waals surface area contributed by atoms with E-state index in [1.807, 2.05) is 4.90 Å². The van der Waals surface area contributed by atoms with Crippen LogP contribution >= 0.6 is 0 Å². The molecule has 2 aliphatic rings. The largest absolute Gasteiger partial charge is 0.337 e. The highest BCUT2D eigenvalue weighted by Gasteiger charge is 2.42. The SMILES string of the molecule is O=C1C[C@H]2NCC[C@H]2N1Cc1nc(-c2ccc(F)cc2)no1. The predicted molar refractivity (Wildman–Crippen MR) is 75.1 cm³/mol. The molecule has 2 fully saturated rings. The second-order valence-electron chi connectivity index (χ2n) is 5.66. The first kappa shape index (κ1) is 13.4. The van der Waals surface area contributed by atoms with Crippen LogP contribution in [0, 0.1) is 5.82 Å². The van der Waals surface area contributed by atoms with E-state index in [-0.39, 0.29) is 23.8 Å². The Morgan fingerprint density at radius 3 is 3.00 bits per heavy atom. The molecule has 6 nitrogen and oxygen atoms in total. The van der Waals surface area contributed by atoms with Gasteiger partial charge in [0.05, 0.1) is 0 Å². The first-order chi connectivity index (χ1) is 10.7. The van der Waals surface area contributed by atoms with E-state index >= 15 is 0 Å². The molecular weight excluding hydrogens is 287 g/mol. The minimum Gasteiger partial charge on any atom is -0.337 e. The van der Waals surface area contributed by atoms with Crippen LogP contribution in [0.15, 0.2) is 28.8 Å². The summed E-state index contributed by atoms with van der Waals surface area (Å²) in [5.74, 6) is 0.613. The molecule has 1 amide bonds. The Hall–Kier alpha value is -2.28. The van der Waals surface area contributed by atoms with Crippen molar-refractivity contribution < 1.29 is 13.7 Å². The molecule has 2 aliphatic heterocycles. The number of amides is 1. The Bertz CT molecular complexity index is 700. The number of hydrogen-bond acceptors (Lipinski definition) is 5. The first-order valence-corrected chi connectivity index (χ1v) is 7.32. The van der Waals surface area contributed by atoms with Crippen LogP contribution in [-0.4, -0.2) is 39.6 Å². The van der Waals surface area contributed by atoms with Crippen LogP contribution in [0.5, 0.6) is 0 Å². The van der Waals surface area contributed by atoms with Gasteiger partial charge in [0.25, 0.3) is 0 Å². The minimum absolute atomic E-state index is 0.115. The van der Waals surface area contributed by atoms with E-state index in [4.69, 9.17) is 4.52 Å². The smallest absolute Gasteiger partial charge is 0.246 e. The van der Waals surface area contributed by atoms with Crippen LogP contribution in [0.2, 0.25) is 0 Å². The number of likely N-dealkylation sites (tertiary alicyclic amines) is 1. The highest BCUT2D eigenvalue weighted by molar-refractivity contribution is 5.80. The van der Waals surface area contributed by atoms with Crippen LogP contribution < -0.4 is 5.32 Å². The second kappa shape index (κ2) is 5.17. The first-order valence-electron chi connectivity index (χ1n) is 7.32. The summed E-state index contributed by atoms with van der Waals surface area (Å²) in [5, 5.41) is 7.24. The quantitative estimate of drug-likeness (QED) is 0.926. The van der Waals surface area contributed by atoms with E-state index in [2.05, 4.69) is 15.5 Å². The lowest BCUT2D eigenvalue weighted by Gasteiger charge is -2.21. The van der Waals surface area contributed by atoms with Crippen molar-refractivity contribution in [2.75, 3.05) is 6.54 Å². The molecule has 22 heavy (non-hydrogen) atoms. The van der Waals surface area contributed by atoms with Crippen molar-refractivity contribution in [1.82, 2.24) is 20.4 Å². The zero-order valence-corrected chi connectivity index (χ0v) is 11.8. The van der Waals surface area contributed by atoms with Crippen molar-refractivity contribution in [3.05, 3.63) is 36.0 Å². The molecule has 2 saturated heterocycles. The van der Waals surface area contributed by atoms with Gasteiger partial charge in [-0.25, -0.2) is 4.39 Å². The molecular formula is C15H15FN4O2. The van der Waals surface area contributed by atoms with Crippen LogP contribution in [0.1, 0.15) is 18.7 Å². The van der Waals surface area contributed by atoms with Gasteiger partial charge in [-0.3, -0.25) is 4.79 Å². The van der Waals surface area contributed by atoms with Crippen LogP contribution in [0.3, 0.4) is 0 Å². The molecule has 1 N–H and O–H groups in total. The zero-order chi connectivity index (χ0) is 15.1. The number of carbonyl (C=O) groups is 1. The van der Waals surface area contributed by atoms with Crippen LogP contribution in [0.4, 0.5) is 4.39 Å². The molecule has 1 aromatic heterocycles. The summed E-state index contributed by atoms with van der Waals surface area (Å²) >= 11 is 0. The van der Waals surface area contributed by atoms with Crippen molar-refractivity contribution in [3.8, 4) is 11.4 Å². The lowest BCUT2D eigenvalue weighted by Crippen LogP contribution is -2.35. The number of hydrogen-bond donors (Lipinski definition) is 1. The minimum atomic E-state index is -0.310. The summed E-state index contributed by atoms with van der Waals surface area (Å²) < 4.78 is 18.2. The lowest BCUT2D eigenvalue weighted by molar-refractivity contribution is -0.129. The molecule has 0 aliphatic carbocycles. The fourth-order valence-corrected chi connectivity index (χ4v) is 3.21. The van der Waals surface area contributed by atoms with Gasteiger partial charge >= 0.3 is 0 Å². The maximum absolute atomic E-state index is 12.9. The Balaban J connectivity index is 1.52. The van der Waals surface area contributed by atoms with Gasteiger partial charge in [0.15, 0.2) is 0 Å². The number of benzene rings is 1. The molecule has 0 saturated carbocycles. The number of aromatic nitrogens is 2.